The molecule has 1 heterocycles. The van der Waals surface area contributed by atoms with E-state index >= 15 is 0 Å². The molecule has 2 saturated carbocycles. The van der Waals surface area contributed by atoms with Gasteiger partial charge >= 0.3 is 11.9 Å². The molecule has 5 atom stereocenters. The molecular weight excluding hydrogens is 692 g/mol. The number of benzene rings is 2. The Hall–Kier alpha value is -5.20. The number of carboxylic acids is 1. The van der Waals surface area contributed by atoms with Crippen LogP contribution in [-0.2, 0) is 28.7 Å². The van der Waals surface area contributed by atoms with Crippen LogP contribution < -0.4 is 25.4 Å². The van der Waals surface area contributed by atoms with Gasteiger partial charge in [-0.3, -0.25) is 19.2 Å². The SMILES string of the molecule is CC[C@H](NC(=O)[C@@H]1C[C@@H](Oc2cc(-c3ccccc3)nc3cc(OC)ccc23)C[C@H]1C(=O)N[C@H](C(=O)NCC(=O)OCC1CCCCC1)C(C)C)C(=O)O. The first kappa shape index (κ1) is 40.0. The number of nitrogens with zero attached hydrogens (tertiary/aromatic N) is 1. The van der Waals surface area contributed by atoms with Gasteiger partial charge in [0.15, 0.2) is 0 Å². The molecule has 3 aromatic rings. The van der Waals surface area contributed by atoms with Crippen LogP contribution in [0.3, 0.4) is 0 Å². The number of fused-ring (bicyclic) bond motifs is 1. The predicted molar refractivity (Wildman–Crippen MR) is 202 cm³/mol. The number of pyridine rings is 1. The molecule has 2 aliphatic carbocycles. The Morgan fingerprint density at radius 1 is 0.907 bits per heavy atom. The van der Waals surface area contributed by atoms with E-state index in [1.54, 1.807) is 40.0 Å². The number of methoxy groups -OCH3 is 1. The summed E-state index contributed by atoms with van der Waals surface area (Å²) in [6.45, 7) is 5.17. The molecule has 2 fully saturated rings. The number of amides is 3. The third kappa shape index (κ3) is 10.3. The molecule has 0 bridgehead atoms. The highest BCUT2D eigenvalue weighted by molar-refractivity contribution is 5.94. The number of hydrogen-bond acceptors (Lipinski definition) is 9. The topological polar surface area (TPSA) is 182 Å². The summed E-state index contributed by atoms with van der Waals surface area (Å²) >= 11 is 0. The van der Waals surface area contributed by atoms with Crippen LogP contribution in [0.1, 0.15) is 72.1 Å². The summed E-state index contributed by atoms with van der Waals surface area (Å²) in [4.78, 5) is 70.2. The van der Waals surface area contributed by atoms with Gasteiger partial charge in [-0.2, -0.15) is 0 Å². The van der Waals surface area contributed by atoms with E-state index in [1.807, 2.05) is 42.5 Å². The molecule has 0 aliphatic heterocycles. The molecule has 1 aromatic heterocycles. The number of nitrogens with one attached hydrogen (secondary N) is 3. The molecule has 290 valence electrons. The van der Waals surface area contributed by atoms with Crippen LogP contribution >= 0.6 is 0 Å². The molecule has 2 aromatic carbocycles. The van der Waals surface area contributed by atoms with Crippen molar-refractivity contribution >= 4 is 40.6 Å². The number of rotatable bonds is 16. The predicted octanol–water partition coefficient (Wildman–Crippen LogP) is 5.04. The van der Waals surface area contributed by atoms with Gasteiger partial charge in [-0.05, 0) is 56.1 Å². The molecule has 0 radical (unpaired) electrons. The third-order valence-corrected chi connectivity index (χ3v) is 10.4. The summed E-state index contributed by atoms with van der Waals surface area (Å²) < 4.78 is 17.5. The van der Waals surface area contributed by atoms with Gasteiger partial charge in [0, 0.05) is 23.1 Å². The van der Waals surface area contributed by atoms with Crippen molar-refractivity contribution in [2.24, 2.45) is 23.7 Å². The monoisotopic (exact) mass is 744 g/mol. The van der Waals surface area contributed by atoms with E-state index in [0.29, 0.717) is 40.6 Å². The summed E-state index contributed by atoms with van der Waals surface area (Å²) in [5, 5.41) is 18.4. The molecule has 13 nitrogen and oxygen atoms in total. The van der Waals surface area contributed by atoms with E-state index in [4.69, 9.17) is 19.2 Å². The van der Waals surface area contributed by atoms with Crippen molar-refractivity contribution in [3.8, 4) is 22.8 Å². The van der Waals surface area contributed by atoms with Crippen molar-refractivity contribution < 1.29 is 43.3 Å². The average Bonchev–Trinajstić information content (AvgIpc) is 3.61. The van der Waals surface area contributed by atoms with Crippen molar-refractivity contribution in [1.82, 2.24) is 20.9 Å². The van der Waals surface area contributed by atoms with Crippen molar-refractivity contribution in [3.63, 3.8) is 0 Å². The second kappa shape index (κ2) is 18.7. The lowest BCUT2D eigenvalue weighted by Gasteiger charge is -2.26. The lowest BCUT2D eigenvalue weighted by atomic mass is 9.90. The van der Waals surface area contributed by atoms with Gasteiger partial charge in [-0.1, -0.05) is 70.4 Å². The number of ether oxygens (including phenoxy) is 3. The van der Waals surface area contributed by atoms with Gasteiger partial charge in [-0.25, -0.2) is 9.78 Å². The number of aliphatic carboxylic acids is 1. The number of carbonyl (C=O) groups is 5. The number of carboxylic acid groups (broad SMARTS) is 1. The van der Waals surface area contributed by atoms with Crippen LogP contribution in [0.15, 0.2) is 54.6 Å². The van der Waals surface area contributed by atoms with Crippen LogP contribution in [0.4, 0.5) is 0 Å². The molecule has 4 N–H and O–H groups in total. The van der Waals surface area contributed by atoms with Crippen LogP contribution in [0.25, 0.3) is 22.2 Å². The van der Waals surface area contributed by atoms with Crippen LogP contribution in [0, 0.1) is 23.7 Å². The maximum absolute atomic E-state index is 14.0. The minimum Gasteiger partial charge on any atom is -0.497 e. The fraction of sp³-hybridized carbons (Fsp3) is 0.512. The highest BCUT2D eigenvalue weighted by Crippen LogP contribution is 2.39. The molecule has 5 rings (SSSR count). The molecule has 0 spiro atoms. The van der Waals surface area contributed by atoms with Gasteiger partial charge in [0.2, 0.25) is 17.7 Å². The lowest BCUT2D eigenvalue weighted by molar-refractivity contribution is -0.146. The Kier molecular flexibility index (Phi) is 13.9. The normalized spacial score (nSPS) is 19.8. The summed E-state index contributed by atoms with van der Waals surface area (Å²) in [5.74, 6) is -4.22. The van der Waals surface area contributed by atoms with Gasteiger partial charge < -0.3 is 35.3 Å². The van der Waals surface area contributed by atoms with E-state index in [-0.39, 0.29) is 31.7 Å². The number of hydrogen-bond donors (Lipinski definition) is 4. The smallest absolute Gasteiger partial charge is 0.326 e. The molecule has 13 heteroatoms. The Morgan fingerprint density at radius 2 is 1.59 bits per heavy atom. The Bertz CT molecular complexity index is 1790. The van der Waals surface area contributed by atoms with Crippen molar-refractivity contribution in [2.75, 3.05) is 20.3 Å². The largest absolute Gasteiger partial charge is 0.497 e. The van der Waals surface area contributed by atoms with Gasteiger partial charge in [0.25, 0.3) is 0 Å². The summed E-state index contributed by atoms with van der Waals surface area (Å²) in [6, 6.07) is 14.7. The fourth-order valence-electron chi connectivity index (χ4n) is 7.30. The highest BCUT2D eigenvalue weighted by Gasteiger charge is 2.45. The molecule has 2 aliphatic rings. The van der Waals surface area contributed by atoms with Gasteiger partial charge in [0.1, 0.15) is 36.2 Å². The van der Waals surface area contributed by atoms with E-state index in [9.17, 15) is 29.1 Å². The average molecular weight is 745 g/mol. The van der Waals surface area contributed by atoms with E-state index in [1.165, 1.54) is 6.42 Å². The fourth-order valence-corrected chi connectivity index (χ4v) is 7.30. The van der Waals surface area contributed by atoms with Crippen molar-refractivity contribution in [2.45, 2.75) is 90.3 Å². The second-order valence-corrected chi connectivity index (χ2v) is 14.6. The van der Waals surface area contributed by atoms with Crippen LogP contribution in [0.2, 0.25) is 0 Å². The van der Waals surface area contributed by atoms with Crippen LogP contribution in [0.5, 0.6) is 11.5 Å². The van der Waals surface area contributed by atoms with Gasteiger partial charge in [-0.15, -0.1) is 0 Å². The minimum atomic E-state index is -1.18. The first-order valence-electron chi connectivity index (χ1n) is 18.9. The molecule has 0 unspecified atom stereocenters. The third-order valence-electron chi connectivity index (χ3n) is 10.4. The van der Waals surface area contributed by atoms with Crippen molar-refractivity contribution in [1.29, 1.82) is 0 Å². The van der Waals surface area contributed by atoms with Crippen molar-refractivity contribution in [3.05, 3.63) is 54.6 Å². The maximum Gasteiger partial charge on any atom is 0.326 e. The van der Waals surface area contributed by atoms with Gasteiger partial charge in [0.05, 0.1) is 36.8 Å². The van der Waals surface area contributed by atoms with E-state index in [0.717, 1.165) is 31.2 Å². The second-order valence-electron chi connectivity index (χ2n) is 14.6. The van der Waals surface area contributed by atoms with E-state index in [2.05, 4.69) is 16.0 Å². The van der Waals surface area contributed by atoms with Crippen LogP contribution in [-0.4, -0.2) is 78.2 Å². The standard InChI is InChI=1S/C41H52N4O9/c1-5-32(41(50)51)44-38(47)30-18-28(54-35-21-33(26-14-10-7-11-15-26)43-34-20-27(52-4)16-17-29(34)35)19-31(30)39(48)45-37(24(2)3)40(49)42-22-36(46)53-23-25-12-8-6-9-13-25/h7,10-11,14-17,20-21,24-25,28,30-32,37H,5-6,8-9,12-13,18-19,22-23H2,1-4H3,(H,42,49)(H,44,47)(H,45,48)(H,50,51)/t28-,30-,31-,32+,37+/m1/s1. The number of carbonyl (C=O) groups excluding carboxylic acids is 4. The summed E-state index contributed by atoms with van der Waals surface area (Å²) in [5.41, 5.74) is 2.15. The maximum atomic E-state index is 14.0. The first-order valence-corrected chi connectivity index (χ1v) is 18.9. The van der Waals surface area contributed by atoms with E-state index < -0.39 is 59.7 Å². The quantitative estimate of drug-likeness (QED) is 0.145. The zero-order chi connectivity index (χ0) is 38.8. The molecule has 0 saturated heterocycles. The molecule has 54 heavy (non-hydrogen) atoms. The Morgan fingerprint density at radius 3 is 2.22 bits per heavy atom. The molecule has 3 amide bonds. The molecular formula is C41H52N4O9. The Balaban J connectivity index is 1.34. The lowest BCUT2D eigenvalue weighted by Crippen LogP contribution is -2.53. The highest BCUT2D eigenvalue weighted by atomic mass is 16.5. The zero-order valence-corrected chi connectivity index (χ0v) is 31.5. The summed E-state index contributed by atoms with van der Waals surface area (Å²) in [7, 11) is 1.57. The number of aromatic nitrogens is 1. The summed E-state index contributed by atoms with van der Waals surface area (Å²) in [6.07, 6.45) is 5.24. The minimum absolute atomic E-state index is 0.117. The zero-order valence-electron chi connectivity index (χ0n) is 31.5. The first-order chi connectivity index (χ1) is 26.0. The number of esters is 1. The Labute approximate surface area is 315 Å².